The number of halogens is 2. The van der Waals surface area contributed by atoms with Gasteiger partial charge in [0.2, 0.25) is 10.0 Å². The molecule has 7 nitrogen and oxygen atoms in total. The number of fused-ring (bicyclic) bond motifs is 1. The highest BCUT2D eigenvalue weighted by Gasteiger charge is 2.40. The molecular weight excluding hydrogens is 495 g/mol. The monoisotopic (exact) mass is 518 g/mol. The van der Waals surface area contributed by atoms with Crippen LogP contribution in [-0.2, 0) is 14.8 Å². The number of aromatic carboxylic acids is 1. The SMILES string of the molecule is CO[C@@H](C)[C@@H]1CN(c2ccccc2)c2cc(Cl)c(-c3ccc(F)c(C(=O)O)c3)cc2S(=O)(=O)N1C. The molecule has 1 N–H and O–H groups in total. The van der Waals surface area contributed by atoms with Crippen molar-refractivity contribution < 1.29 is 27.4 Å². The van der Waals surface area contributed by atoms with E-state index in [1.54, 1.807) is 13.0 Å². The van der Waals surface area contributed by atoms with Gasteiger partial charge in [-0.15, -0.1) is 0 Å². The average Bonchev–Trinajstić information content (AvgIpc) is 2.92. The largest absolute Gasteiger partial charge is 0.478 e. The van der Waals surface area contributed by atoms with E-state index in [1.807, 2.05) is 35.2 Å². The van der Waals surface area contributed by atoms with E-state index in [0.717, 1.165) is 17.8 Å². The number of hydrogen-bond acceptors (Lipinski definition) is 5. The van der Waals surface area contributed by atoms with Gasteiger partial charge in [-0.2, -0.15) is 4.31 Å². The van der Waals surface area contributed by atoms with Crippen LogP contribution in [0, 0.1) is 5.82 Å². The molecule has 0 unspecified atom stereocenters. The van der Waals surface area contributed by atoms with Crippen LogP contribution in [-0.4, -0.2) is 56.6 Å². The van der Waals surface area contributed by atoms with Gasteiger partial charge in [-0.05, 0) is 48.9 Å². The molecule has 1 heterocycles. The minimum Gasteiger partial charge on any atom is -0.478 e. The molecule has 2 atom stereocenters. The molecule has 35 heavy (non-hydrogen) atoms. The van der Waals surface area contributed by atoms with Gasteiger partial charge in [0.25, 0.3) is 0 Å². The van der Waals surface area contributed by atoms with Crippen molar-refractivity contribution in [3.8, 4) is 11.1 Å². The van der Waals surface area contributed by atoms with Crippen molar-refractivity contribution in [2.75, 3.05) is 25.6 Å². The van der Waals surface area contributed by atoms with Crippen molar-refractivity contribution in [2.45, 2.75) is 24.0 Å². The van der Waals surface area contributed by atoms with E-state index in [9.17, 15) is 22.7 Å². The molecule has 10 heteroatoms. The molecule has 1 aliphatic heterocycles. The summed E-state index contributed by atoms with van der Waals surface area (Å²) >= 11 is 6.63. The molecule has 0 spiro atoms. The summed E-state index contributed by atoms with van der Waals surface area (Å²) in [6, 6.07) is 15.3. The lowest BCUT2D eigenvalue weighted by atomic mass is 10.0. The fraction of sp³-hybridized carbons (Fsp3) is 0.240. The second-order valence-corrected chi connectivity index (χ2v) is 10.6. The molecule has 4 rings (SSSR count). The Morgan fingerprint density at radius 2 is 1.86 bits per heavy atom. The molecule has 184 valence electrons. The Kier molecular flexibility index (Phi) is 6.88. The predicted molar refractivity (Wildman–Crippen MR) is 132 cm³/mol. The van der Waals surface area contributed by atoms with Crippen molar-refractivity contribution >= 4 is 39.0 Å². The third-order valence-electron chi connectivity index (χ3n) is 6.32. The first-order valence-electron chi connectivity index (χ1n) is 10.8. The lowest BCUT2D eigenvalue weighted by molar-refractivity contribution is 0.0658. The lowest BCUT2D eigenvalue weighted by Gasteiger charge is -2.32. The minimum absolute atomic E-state index is 0.00439. The predicted octanol–water partition coefficient (Wildman–Crippen LogP) is 5.02. The third-order valence-corrected chi connectivity index (χ3v) is 8.55. The van der Waals surface area contributed by atoms with Crippen LogP contribution in [0.15, 0.2) is 65.6 Å². The fourth-order valence-corrected chi connectivity index (χ4v) is 6.10. The number of sulfonamides is 1. The molecule has 0 amide bonds. The number of hydrogen-bond donors (Lipinski definition) is 1. The first kappa shape index (κ1) is 25.1. The summed E-state index contributed by atoms with van der Waals surface area (Å²) in [4.78, 5) is 13.3. The van der Waals surface area contributed by atoms with E-state index in [1.165, 1.54) is 30.6 Å². The maximum Gasteiger partial charge on any atom is 0.338 e. The second kappa shape index (κ2) is 9.58. The molecule has 0 aliphatic carbocycles. The van der Waals surface area contributed by atoms with Gasteiger partial charge in [-0.1, -0.05) is 35.9 Å². The third kappa shape index (κ3) is 4.52. The number of nitrogens with zero attached hydrogens (tertiary/aromatic N) is 2. The van der Waals surface area contributed by atoms with Crippen molar-refractivity contribution in [3.63, 3.8) is 0 Å². The first-order valence-corrected chi connectivity index (χ1v) is 12.6. The summed E-state index contributed by atoms with van der Waals surface area (Å²) in [5, 5.41) is 9.52. The van der Waals surface area contributed by atoms with E-state index in [0.29, 0.717) is 12.2 Å². The van der Waals surface area contributed by atoms with Crippen molar-refractivity contribution in [1.29, 1.82) is 0 Å². The Labute approximate surface area is 208 Å². The number of methoxy groups -OCH3 is 1. The van der Waals surface area contributed by atoms with Crippen LogP contribution in [0.2, 0.25) is 5.02 Å². The second-order valence-electron chi connectivity index (χ2n) is 8.28. The Balaban J connectivity index is 1.98. The van der Waals surface area contributed by atoms with Gasteiger partial charge in [-0.3, -0.25) is 0 Å². The number of carboxylic acid groups (broad SMARTS) is 1. The van der Waals surface area contributed by atoms with Crippen LogP contribution < -0.4 is 4.90 Å². The number of rotatable bonds is 5. The zero-order chi connectivity index (χ0) is 25.5. The lowest BCUT2D eigenvalue weighted by Crippen LogP contribution is -2.48. The Morgan fingerprint density at radius 3 is 2.49 bits per heavy atom. The van der Waals surface area contributed by atoms with Gasteiger partial charge in [0, 0.05) is 32.0 Å². The number of ether oxygens (including phenoxy) is 1. The summed E-state index contributed by atoms with van der Waals surface area (Å²) in [7, 11) is -0.992. The molecule has 3 aromatic rings. The summed E-state index contributed by atoms with van der Waals surface area (Å²) in [5.41, 5.74) is 1.17. The summed E-state index contributed by atoms with van der Waals surface area (Å²) < 4.78 is 48.4. The van der Waals surface area contributed by atoms with Crippen LogP contribution in [0.4, 0.5) is 15.8 Å². The Hall–Kier alpha value is -2.98. The van der Waals surface area contributed by atoms with Crippen LogP contribution in [0.3, 0.4) is 0 Å². The quantitative estimate of drug-likeness (QED) is 0.510. The van der Waals surface area contributed by atoms with Gasteiger partial charge < -0.3 is 14.7 Å². The zero-order valence-corrected chi connectivity index (χ0v) is 20.8. The molecule has 0 radical (unpaired) electrons. The minimum atomic E-state index is -4.02. The molecule has 0 aromatic heterocycles. The van der Waals surface area contributed by atoms with Gasteiger partial charge in [-0.25, -0.2) is 17.6 Å². The van der Waals surface area contributed by atoms with E-state index >= 15 is 0 Å². The number of carbonyl (C=O) groups is 1. The van der Waals surface area contributed by atoms with Crippen molar-refractivity contribution in [1.82, 2.24) is 4.31 Å². The molecule has 3 aromatic carbocycles. The Morgan fingerprint density at radius 1 is 1.17 bits per heavy atom. The van der Waals surface area contributed by atoms with Gasteiger partial charge in [0.15, 0.2) is 0 Å². The molecule has 0 fully saturated rings. The van der Waals surface area contributed by atoms with Crippen LogP contribution in [0.25, 0.3) is 11.1 Å². The molecular formula is C25H24ClFN2O5S. The number of likely N-dealkylation sites (N-methyl/N-ethyl adjacent to an activating group) is 1. The topological polar surface area (TPSA) is 87.1 Å². The smallest absolute Gasteiger partial charge is 0.338 e. The van der Waals surface area contributed by atoms with Gasteiger partial charge in [0.05, 0.1) is 28.4 Å². The molecule has 0 saturated carbocycles. The number of para-hydroxylation sites is 1. The first-order chi connectivity index (χ1) is 16.6. The summed E-state index contributed by atoms with van der Waals surface area (Å²) in [6.45, 7) is 2.11. The fourth-order valence-electron chi connectivity index (χ4n) is 4.23. The number of benzene rings is 3. The molecule has 1 aliphatic rings. The standard InChI is InChI=1S/C25H24ClFN2O5S/c1-15(34-3)23-14-29(17-7-5-4-6-8-17)22-13-20(26)18(12-24(22)35(32,33)28(23)2)16-9-10-21(27)19(11-16)25(30)31/h4-13,15,23H,14H2,1-3H3,(H,30,31)/t15-,23-/m0/s1. The normalized spacial score (nSPS) is 18.5. The van der Waals surface area contributed by atoms with Gasteiger partial charge in [0.1, 0.15) is 10.7 Å². The Bertz CT molecular complexity index is 1380. The summed E-state index contributed by atoms with van der Waals surface area (Å²) in [5.74, 6) is -2.33. The van der Waals surface area contributed by atoms with Crippen LogP contribution in [0.5, 0.6) is 0 Å². The summed E-state index contributed by atoms with van der Waals surface area (Å²) in [6.07, 6.45) is -0.416. The van der Waals surface area contributed by atoms with E-state index < -0.39 is 39.5 Å². The van der Waals surface area contributed by atoms with Crippen LogP contribution in [0.1, 0.15) is 17.3 Å². The highest BCUT2D eigenvalue weighted by atomic mass is 35.5. The molecule has 0 bridgehead atoms. The zero-order valence-electron chi connectivity index (χ0n) is 19.3. The number of carboxylic acids is 1. The van der Waals surface area contributed by atoms with Crippen LogP contribution >= 0.6 is 11.6 Å². The van der Waals surface area contributed by atoms with Crippen molar-refractivity contribution in [3.05, 3.63) is 77.1 Å². The highest BCUT2D eigenvalue weighted by molar-refractivity contribution is 7.89. The highest BCUT2D eigenvalue weighted by Crippen LogP contribution is 2.43. The number of anilines is 2. The molecule has 0 saturated heterocycles. The van der Waals surface area contributed by atoms with E-state index in [4.69, 9.17) is 16.3 Å². The maximum atomic E-state index is 14.0. The van der Waals surface area contributed by atoms with Crippen molar-refractivity contribution in [2.24, 2.45) is 0 Å². The van der Waals surface area contributed by atoms with E-state index in [-0.39, 0.29) is 21.0 Å². The van der Waals surface area contributed by atoms with E-state index in [2.05, 4.69) is 0 Å². The average molecular weight is 519 g/mol. The van der Waals surface area contributed by atoms with Gasteiger partial charge >= 0.3 is 5.97 Å². The maximum absolute atomic E-state index is 14.0.